The summed E-state index contributed by atoms with van der Waals surface area (Å²) >= 11 is 0. The molecule has 1 heterocycles. The zero-order valence-corrected chi connectivity index (χ0v) is 10.6. The van der Waals surface area contributed by atoms with Crippen LogP contribution in [0.4, 0.5) is 0 Å². The van der Waals surface area contributed by atoms with Gasteiger partial charge in [-0.25, -0.2) is 9.48 Å². The SMILES string of the molecule is CC(C)CCc1c(C(=O)O)nnn1C1CC1C. The van der Waals surface area contributed by atoms with E-state index in [2.05, 4.69) is 31.1 Å². The number of hydrogen-bond donors (Lipinski definition) is 1. The number of carboxylic acids is 1. The Morgan fingerprint density at radius 1 is 1.59 bits per heavy atom. The van der Waals surface area contributed by atoms with Crippen LogP contribution in [0, 0.1) is 11.8 Å². The van der Waals surface area contributed by atoms with Crippen molar-refractivity contribution in [1.29, 1.82) is 0 Å². The van der Waals surface area contributed by atoms with Crippen LogP contribution in [0.25, 0.3) is 0 Å². The maximum atomic E-state index is 11.1. The van der Waals surface area contributed by atoms with E-state index in [-0.39, 0.29) is 5.69 Å². The normalized spacial score (nSPS) is 23.1. The first-order valence-corrected chi connectivity index (χ1v) is 6.18. The Morgan fingerprint density at radius 3 is 2.71 bits per heavy atom. The first-order valence-electron chi connectivity index (χ1n) is 6.18. The summed E-state index contributed by atoms with van der Waals surface area (Å²) < 4.78 is 1.83. The van der Waals surface area contributed by atoms with E-state index >= 15 is 0 Å². The van der Waals surface area contributed by atoms with Crippen LogP contribution in [0.2, 0.25) is 0 Å². The molecule has 1 aromatic heterocycles. The maximum Gasteiger partial charge on any atom is 0.358 e. The summed E-state index contributed by atoms with van der Waals surface area (Å²) in [5, 5.41) is 16.9. The fraction of sp³-hybridized carbons (Fsp3) is 0.750. The van der Waals surface area contributed by atoms with Gasteiger partial charge in [0.25, 0.3) is 0 Å². The molecule has 0 bridgehead atoms. The van der Waals surface area contributed by atoms with Crippen molar-refractivity contribution in [3.05, 3.63) is 11.4 Å². The minimum atomic E-state index is -0.969. The Kier molecular flexibility index (Phi) is 3.17. The molecule has 5 heteroatoms. The number of carboxylic acid groups (broad SMARTS) is 1. The van der Waals surface area contributed by atoms with E-state index in [9.17, 15) is 4.79 Å². The molecule has 0 saturated heterocycles. The molecule has 0 radical (unpaired) electrons. The molecule has 5 nitrogen and oxygen atoms in total. The van der Waals surface area contributed by atoms with Gasteiger partial charge in [0.15, 0.2) is 5.69 Å². The fourth-order valence-corrected chi connectivity index (χ4v) is 2.05. The van der Waals surface area contributed by atoms with Crippen molar-refractivity contribution in [3.8, 4) is 0 Å². The van der Waals surface area contributed by atoms with Gasteiger partial charge in [-0.2, -0.15) is 0 Å². The van der Waals surface area contributed by atoms with Crippen LogP contribution in [0.1, 0.15) is 55.8 Å². The molecular formula is C12H19N3O2. The molecule has 17 heavy (non-hydrogen) atoms. The van der Waals surface area contributed by atoms with Gasteiger partial charge in [-0.15, -0.1) is 5.10 Å². The second-order valence-electron chi connectivity index (χ2n) is 5.35. The molecule has 94 valence electrons. The second kappa shape index (κ2) is 4.47. The van der Waals surface area contributed by atoms with Crippen LogP contribution < -0.4 is 0 Å². The van der Waals surface area contributed by atoms with Gasteiger partial charge in [0.05, 0.1) is 11.7 Å². The van der Waals surface area contributed by atoms with Gasteiger partial charge in [-0.1, -0.05) is 26.0 Å². The molecule has 1 aromatic rings. The standard InChI is InChI=1S/C12H19N3O2/c1-7(2)4-5-9-11(12(16)17)13-14-15(9)10-6-8(10)3/h7-8,10H,4-6H2,1-3H3,(H,16,17). The van der Waals surface area contributed by atoms with Gasteiger partial charge < -0.3 is 5.11 Å². The molecular weight excluding hydrogens is 218 g/mol. The zero-order valence-electron chi connectivity index (χ0n) is 10.6. The molecule has 0 aromatic carbocycles. The smallest absolute Gasteiger partial charge is 0.358 e. The lowest BCUT2D eigenvalue weighted by atomic mass is 10.1. The summed E-state index contributed by atoms with van der Waals surface area (Å²) in [4.78, 5) is 11.1. The Hall–Kier alpha value is -1.39. The Balaban J connectivity index is 2.23. The van der Waals surface area contributed by atoms with Crippen molar-refractivity contribution in [2.24, 2.45) is 11.8 Å². The van der Waals surface area contributed by atoms with Crippen LogP contribution >= 0.6 is 0 Å². The summed E-state index contributed by atoms with van der Waals surface area (Å²) in [6, 6.07) is 0.359. The van der Waals surface area contributed by atoms with Gasteiger partial charge in [0, 0.05) is 0 Å². The van der Waals surface area contributed by atoms with Gasteiger partial charge >= 0.3 is 5.97 Å². The lowest BCUT2D eigenvalue weighted by Gasteiger charge is -2.07. The van der Waals surface area contributed by atoms with Crippen molar-refractivity contribution in [1.82, 2.24) is 15.0 Å². The van der Waals surface area contributed by atoms with Crippen LogP contribution in [-0.4, -0.2) is 26.1 Å². The minimum absolute atomic E-state index is 0.129. The molecule has 2 unspecified atom stereocenters. The Labute approximate surface area is 101 Å². The van der Waals surface area contributed by atoms with Gasteiger partial charge in [-0.05, 0) is 31.1 Å². The summed E-state index contributed by atoms with van der Waals surface area (Å²) in [7, 11) is 0. The molecule has 0 amide bonds. The predicted octanol–water partition coefficient (Wildman–Crippen LogP) is 2.15. The van der Waals surface area contributed by atoms with E-state index in [0.717, 1.165) is 25.0 Å². The number of rotatable bonds is 5. The molecule has 2 atom stereocenters. The molecule has 1 fully saturated rings. The molecule has 1 N–H and O–H groups in total. The number of nitrogens with zero attached hydrogens (tertiary/aromatic N) is 3. The van der Waals surface area contributed by atoms with E-state index in [1.54, 1.807) is 0 Å². The van der Waals surface area contributed by atoms with Crippen LogP contribution in [-0.2, 0) is 6.42 Å². The second-order valence-corrected chi connectivity index (χ2v) is 5.35. The number of aromatic nitrogens is 3. The molecule has 0 spiro atoms. The van der Waals surface area contributed by atoms with Crippen molar-refractivity contribution in [2.75, 3.05) is 0 Å². The van der Waals surface area contributed by atoms with Gasteiger partial charge in [0.1, 0.15) is 0 Å². The molecule has 1 saturated carbocycles. The molecule has 2 rings (SSSR count). The Morgan fingerprint density at radius 2 is 2.24 bits per heavy atom. The van der Waals surface area contributed by atoms with Crippen molar-refractivity contribution < 1.29 is 9.90 Å². The van der Waals surface area contributed by atoms with Crippen molar-refractivity contribution >= 4 is 5.97 Å². The van der Waals surface area contributed by atoms with Crippen LogP contribution in [0.15, 0.2) is 0 Å². The highest BCUT2D eigenvalue weighted by atomic mass is 16.4. The number of aromatic carboxylic acids is 1. The highest BCUT2D eigenvalue weighted by molar-refractivity contribution is 5.86. The zero-order chi connectivity index (χ0) is 12.6. The van der Waals surface area contributed by atoms with E-state index in [1.165, 1.54) is 0 Å². The van der Waals surface area contributed by atoms with Crippen molar-refractivity contribution in [2.45, 2.75) is 46.1 Å². The average Bonchev–Trinajstić information content (AvgIpc) is 2.80. The molecule has 1 aliphatic rings. The molecule has 1 aliphatic carbocycles. The third kappa shape index (κ3) is 2.48. The highest BCUT2D eigenvalue weighted by Gasteiger charge is 2.38. The Bertz CT molecular complexity index is 425. The monoisotopic (exact) mass is 237 g/mol. The number of hydrogen-bond acceptors (Lipinski definition) is 3. The number of carbonyl (C=O) groups is 1. The van der Waals surface area contributed by atoms with E-state index in [1.807, 2.05) is 4.68 Å². The minimum Gasteiger partial charge on any atom is -0.476 e. The first-order chi connectivity index (χ1) is 8.00. The quantitative estimate of drug-likeness (QED) is 0.852. The van der Waals surface area contributed by atoms with Crippen molar-refractivity contribution in [3.63, 3.8) is 0 Å². The summed E-state index contributed by atoms with van der Waals surface area (Å²) in [6.07, 6.45) is 2.79. The van der Waals surface area contributed by atoms with E-state index in [4.69, 9.17) is 5.11 Å². The highest BCUT2D eigenvalue weighted by Crippen LogP contribution is 2.43. The summed E-state index contributed by atoms with van der Waals surface area (Å²) in [6.45, 7) is 6.42. The van der Waals surface area contributed by atoms with Crippen LogP contribution in [0.3, 0.4) is 0 Å². The van der Waals surface area contributed by atoms with Crippen LogP contribution in [0.5, 0.6) is 0 Å². The van der Waals surface area contributed by atoms with E-state index < -0.39 is 5.97 Å². The third-order valence-corrected chi connectivity index (χ3v) is 3.33. The fourth-order valence-electron chi connectivity index (χ4n) is 2.05. The van der Waals surface area contributed by atoms with Gasteiger partial charge in [0.2, 0.25) is 0 Å². The topological polar surface area (TPSA) is 68.0 Å². The molecule has 0 aliphatic heterocycles. The average molecular weight is 237 g/mol. The third-order valence-electron chi connectivity index (χ3n) is 3.33. The first kappa shape index (κ1) is 12.1. The largest absolute Gasteiger partial charge is 0.476 e. The summed E-state index contributed by atoms with van der Waals surface area (Å²) in [5.74, 6) is 0.177. The predicted molar refractivity (Wildman–Crippen MR) is 63.0 cm³/mol. The maximum absolute atomic E-state index is 11.1. The lowest BCUT2D eigenvalue weighted by molar-refractivity contribution is 0.0689. The lowest BCUT2D eigenvalue weighted by Crippen LogP contribution is -2.09. The van der Waals surface area contributed by atoms with Gasteiger partial charge in [-0.3, -0.25) is 0 Å². The van der Waals surface area contributed by atoms with E-state index in [0.29, 0.717) is 17.9 Å². The summed E-state index contributed by atoms with van der Waals surface area (Å²) in [5.41, 5.74) is 0.922.